The number of likely N-dealkylation sites (N-methyl/N-ethyl adjacent to an activating group) is 1. The molecular weight excluding hydrogens is 284 g/mol. The highest BCUT2D eigenvalue weighted by molar-refractivity contribution is 5.85. The summed E-state index contributed by atoms with van der Waals surface area (Å²) in [4.78, 5) is 11.8. The monoisotopic (exact) mass is 312 g/mol. The van der Waals surface area contributed by atoms with Crippen LogP contribution in [0.25, 0.3) is 0 Å². The lowest BCUT2D eigenvalue weighted by molar-refractivity contribution is -0.121. The molecule has 0 saturated heterocycles. The van der Waals surface area contributed by atoms with Gasteiger partial charge in [0, 0.05) is 0 Å². The number of carbonyl (C=O) groups excluding carboxylic acids is 1. The van der Waals surface area contributed by atoms with Gasteiger partial charge in [0.2, 0.25) is 5.91 Å². The van der Waals surface area contributed by atoms with Crippen LogP contribution in [-0.2, 0) is 11.2 Å². The molecule has 0 aliphatic heterocycles. The van der Waals surface area contributed by atoms with Crippen LogP contribution in [0, 0.1) is 11.8 Å². The number of hydrogen-bond donors (Lipinski definition) is 2. The summed E-state index contributed by atoms with van der Waals surface area (Å²) in [7, 11) is 1.78. The fraction of sp³-hybridized carbons (Fsp3) is 0.588. The van der Waals surface area contributed by atoms with E-state index in [-0.39, 0.29) is 24.4 Å². The van der Waals surface area contributed by atoms with E-state index in [1.54, 1.807) is 7.05 Å². The van der Waals surface area contributed by atoms with Gasteiger partial charge in [-0.05, 0) is 36.4 Å². The molecule has 1 amide bonds. The van der Waals surface area contributed by atoms with Crippen LogP contribution in [0.1, 0.15) is 44.9 Å². The van der Waals surface area contributed by atoms with E-state index in [1.165, 1.54) is 11.1 Å². The average Bonchev–Trinajstić information content (AvgIpc) is 2.36. The first-order valence-electron chi connectivity index (χ1n) is 7.46. The molecule has 0 aliphatic rings. The van der Waals surface area contributed by atoms with Gasteiger partial charge < -0.3 is 10.6 Å². The number of amides is 1. The highest BCUT2D eigenvalue weighted by atomic mass is 35.5. The van der Waals surface area contributed by atoms with Gasteiger partial charge in [-0.3, -0.25) is 4.79 Å². The predicted octanol–water partition coefficient (Wildman–Crippen LogP) is 3.34. The number of halogens is 1. The third-order valence-electron chi connectivity index (χ3n) is 3.30. The first-order valence-corrected chi connectivity index (χ1v) is 7.46. The number of carbonyl (C=O) groups is 1. The Morgan fingerprint density at radius 1 is 1.10 bits per heavy atom. The van der Waals surface area contributed by atoms with Crippen molar-refractivity contribution < 1.29 is 4.79 Å². The van der Waals surface area contributed by atoms with Crippen LogP contribution in [0.5, 0.6) is 0 Å². The molecule has 0 heterocycles. The van der Waals surface area contributed by atoms with Gasteiger partial charge in [-0.25, -0.2) is 0 Å². The Bertz CT molecular complexity index is 415. The molecule has 0 aromatic heterocycles. The Kier molecular flexibility index (Phi) is 9.31. The highest BCUT2D eigenvalue weighted by Crippen LogP contribution is 2.22. The summed E-state index contributed by atoms with van der Waals surface area (Å²) in [5.41, 5.74) is 2.53. The zero-order chi connectivity index (χ0) is 15.1. The van der Waals surface area contributed by atoms with Crippen molar-refractivity contribution in [2.45, 2.75) is 40.2 Å². The Balaban J connectivity index is 0.00000400. The lowest BCUT2D eigenvalue weighted by atomic mass is 9.93. The molecular formula is C17H29ClN2O. The van der Waals surface area contributed by atoms with Crippen molar-refractivity contribution in [3.63, 3.8) is 0 Å². The molecule has 4 heteroatoms. The second kappa shape index (κ2) is 9.80. The minimum Gasteiger partial charge on any atom is -0.348 e. The summed E-state index contributed by atoms with van der Waals surface area (Å²) in [6.45, 7) is 9.07. The summed E-state index contributed by atoms with van der Waals surface area (Å²) < 4.78 is 0. The molecule has 21 heavy (non-hydrogen) atoms. The molecule has 0 saturated carbocycles. The molecule has 120 valence electrons. The standard InChI is InChI=1S/C17H28N2O.ClH/c1-12(2)10-14-6-8-15(9-7-14)17(13(3)4)19-16(20)11-18-5;/h6-9,12-13,17-18H,10-11H2,1-5H3,(H,19,20);1H. The Hall–Kier alpha value is -1.06. The predicted molar refractivity (Wildman–Crippen MR) is 91.9 cm³/mol. The van der Waals surface area contributed by atoms with Gasteiger partial charge in [0.1, 0.15) is 0 Å². The van der Waals surface area contributed by atoms with E-state index in [0.717, 1.165) is 6.42 Å². The fourth-order valence-electron chi connectivity index (χ4n) is 2.35. The zero-order valence-corrected chi connectivity index (χ0v) is 14.6. The quantitative estimate of drug-likeness (QED) is 0.811. The molecule has 2 N–H and O–H groups in total. The molecule has 1 aromatic carbocycles. The Labute approximate surface area is 135 Å². The Morgan fingerprint density at radius 3 is 2.10 bits per heavy atom. The van der Waals surface area contributed by atoms with Crippen molar-refractivity contribution >= 4 is 18.3 Å². The van der Waals surface area contributed by atoms with Gasteiger partial charge in [0.15, 0.2) is 0 Å². The van der Waals surface area contributed by atoms with Crippen LogP contribution in [0.15, 0.2) is 24.3 Å². The number of nitrogens with one attached hydrogen (secondary N) is 2. The molecule has 0 radical (unpaired) electrons. The molecule has 0 spiro atoms. The molecule has 1 rings (SSSR count). The molecule has 0 fully saturated rings. The van der Waals surface area contributed by atoms with E-state index in [2.05, 4.69) is 62.6 Å². The van der Waals surface area contributed by atoms with E-state index in [4.69, 9.17) is 0 Å². The number of rotatable bonds is 7. The molecule has 1 aromatic rings. The minimum absolute atomic E-state index is 0. The van der Waals surface area contributed by atoms with Crippen molar-refractivity contribution in [3.05, 3.63) is 35.4 Å². The van der Waals surface area contributed by atoms with E-state index in [1.807, 2.05) is 0 Å². The molecule has 0 aliphatic carbocycles. The molecule has 3 nitrogen and oxygen atoms in total. The topological polar surface area (TPSA) is 41.1 Å². The average molecular weight is 313 g/mol. The maximum absolute atomic E-state index is 11.8. The van der Waals surface area contributed by atoms with Gasteiger partial charge in [-0.15, -0.1) is 12.4 Å². The second-order valence-corrected chi connectivity index (χ2v) is 6.16. The van der Waals surface area contributed by atoms with E-state index in [0.29, 0.717) is 18.4 Å². The number of hydrogen-bond acceptors (Lipinski definition) is 2. The summed E-state index contributed by atoms with van der Waals surface area (Å²) >= 11 is 0. The van der Waals surface area contributed by atoms with Crippen LogP contribution < -0.4 is 10.6 Å². The maximum atomic E-state index is 11.8. The van der Waals surface area contributed by atoms with Gasteiger partial charge in [0.05, 0.1) is 12.6 Å². The minimum atomic E-state index is 0. The summed E-state index contributed by atoms with van der Waals surface area (Å²) in [6.07, 6.45) is 1.10. The van der Waals surface area contributed by atoms with Crippen LogP contribution in [-0.4, -0.2) is 19.5 Å². The van der Waals surface area contributed by atoms with Crippen LogP contribution in [0.3, 0.4) is 0 Å². The van der Waals surface area contributed by atoms with Crippen LogP contribution in [0.4, 0.5) is 0 Å². The lowest BCUT2D eigenvalue weighted by Crippen LogP contribution is -2.37. The number of benzene rings is 1. The van der Waals surface area contributed by atoms with Crippen molar-refractivity contribution in [2.75, 3.05) is 13.6 Å². The second-order valence-electron chi connectivity index (χ2n) is 6.16. The van der Waals surface area contributed by atoms with Gasteiger partial charge in [-0.1, -0.05) is 52.0 Å². The Morgan fingerprint density at radius 2 is 1.67 bits per heavy atom. The van der Waals surface area contributed by atoms with E-state index < -0.39 is 0 Å². The van der Waals surface area contributed by atoms with Crippen LogP contribution in [0.2, 0.25) is 0 Å². The van der Waals surface area contributed by atoms with Crippen molar-refractivity contribution in [1.29, 1.82) is 0 Å². The molecule has 1 atom stereocenters. The first kappa shape index (κ1) is 19.9. The van der Waals surface area contributed by atoms with Gasteiger partial charge >= 0.3 is 0 Å². The molecule has 1 unspecified atom stereocenters. The SMILES string of the molecule is CNCC(=O)NC(c1ccc(CC(C)C)cc1)C(C)C.Cl. The van der Waals surface area contributed by atoms with E-state index in [9.17, 15) is 4.79 Å². The summed E-state index contributed by atoms with van der Waals surface area (Å²) in [5, 5.41) is 5.97. The summed E-state index contributed by atoms with van der Waals surface area (Å²) in [6, 6.07) is 8.71. The molecule has 0 bridgehead atoms. The highest BCUT2D eigenvalue weighted by Gasteiger charge is 2.17. The largest absolute Gasteiger partial charge is 0.348 e. The van der Waals surface area contributed by atoms with E-state index >= 15 is 0 Å². The third kappa shape index (κ3) is 6.96. The third-order valence-corrected chi connectivity index (χ3v) is 3.30. The van der Waals surface area contributed by atoms with Gasteiger partial charge in [0.25, 0.3) is 0 Å². The maximum Gasteiger partial charge on any atom is 0.234 e. The smallest absolute Gasteiger partial charge is 0.234 e. The normalized spacial score (nSPS) is 12.1. The van der Waals surface area contributed by atoms with Crippen molar-refractivity contribution in [2.24, 2.45) is 11.8 Å². The fourth-order valence-corrected chi connectivity index (χ4v) is 2.35. The lowest BCUT2D eigenvalue weighted by Gasteiger charge is -2.23. The summed E-state index contributed by atoms with van der Waals surface area (Å²) in [5.74, 6) is 1.07. The van der Waals surface area contributed by atoms with Crippen molar-refractivity contribution in [1.82, 2.24) is 10.6 Å². The first-order chi connectivity index (χ1) is 9.43. The van der Waals surface area contributed by atoms with Crippen molar-refractivity contribution in [3.8, 4) is 0 Å². The zero-order valence-electron chi connectivity index (χ0n) is 13.8. The van der Waals surface area contributed by atoms with Gasteiger partial charge in [-0.2, -0.15) is 0 Å². The van der Waals surface area contributed by atoms with Crippen LogP contribution >= 0.6 is 12.4 Å².